The van der Waals surface area contributed by atoms with Crippen LogP contribution in [0.5, 0.6) is 11.5 Å². The average molecular weight is 686 g/mol. The van der Waals surface area contributed by atoms with E-state index < -0.39 is 45.8 Å². The van der Waals surface area contributed by atoms with Crippen molar-refractivity contribution in [3.63, 3.8) is 0 Å². The van der Waals surface area contributed by atoms with Gasteiger partial charge in [0.15, 0.2) is 17.5 Å². The van der Waals surface area contributed by atoms with Gasteiger partial charge < -0.3 is 25.6 Å². The quantitative estimate of drug-likeness (QED) is 0.120. The summed E-state index contributed by atoms with van der Waals surface area (Å²) in [5.74, 6) is -3.97. The zero-order chi connectivity index (χ0) is 35.5. The number of rotatable bonds is 10. The molecule has 0 spiro atoms. The summed E-state index contributed by atoms with van der Waals surface area (Å²) in [6.45, 7) is 1.65. The van der Waals surface area contributed by atoms with Crippen molar-refractivity contribution >= 4 is 39.5 Å². The van der Waals surface area contributed by atoms with Gasteiger partial charge in [-0.1, -0.05) is 30.3 Å². The minimum absolute atomic E-state index is 0.0830. The molecule has 0 aliphatic heterocycles. The number of carbonyl (C=O) groups is 3. The Morgan fingerprint density at radius 3 is 2.17 bits per heavy atom. The van der Waals surface area contributed by atoms with E-state index in [-0.39, 0.29) is 34.9 Å². The number of sulfonamides is 1. The monoisotopic (exact) mass is 685 g/mol. The first-order chi connectivity index (χ1) is 21.8. The first-order valence-electron chi connectivity index (χ1n) is 13.2. The number of methoxy groups -OCH3 is 2. The molecule has 0 saturated carbocycles. The number of nitrogens with zero attached hydrogens (tertiary/aromatic N) is 1. The Kier molecular flexibility index (Phi) is 13.2. The molecule has 47 heavy (non-hydrogen) atoms. The smallest absolute Gasteiger partial charge is 0.490 e. The van der Waals surface area contributed by atoms with E-state index in [2.05, 4.69) is 15.6 Å². The number of aliphatic imine (C=N–C) groups is 1. The van der Waals surface area contributed by atoms with Crippen LogP contribution in [0.4, 0.5) is 23.2 Å². The van der Waals surface area contributed by atoms with E-state index in [1.807, 2.05) is 0 Å². The number of alkyl halides is 3. The first kappa shape index (κ1) is 38.0. The standard InChI is InChI=1S/C27H30FN5O6S.C2HF3O2/c1-16-8-10-19(40(30,36)37)15-21(16)31-26(35)22(14-18-6-4-5-7-20(18)28)32-27(29)33-25(34)13-17-9-11-23(38-2)24(12-17)39-3;3-2(4,5)1(6)7/h4-12,15,22H,13-14H2,1-3H3,(H,31,35)(H2,30,36,37)(H3,29,32,33,34);(H,6,7)/t22-;/m1./s1. The number of aryl methyl sites for hydroxylation is 1. The zero-order valence-corrected chi connectivity index (χ0v) is 25.9. The molecule has 0 bridgehead atoms. The summed E-state index contributed by atoms with van der Waals surface area (Å²) in [6, 6.07) is 13.5. The predicted octanol–water partition coefficient (Wildman–Crippen LogP) is 2.66. The van der Waals surface area contributed by atoms with Crippen LogP contribution in [0.1, 0.15) is 16.7 Å². The highest BCUT2D eigenvalue weighted by atomic mass is 32.2. The van der Waals surface area contributed by atoms with Crippen molar-refractivity contribution in [2.75, 3.05) is 19.5 Å². The van der Waals surface area contributed by atoms with Crippen LogP contribution >= 0.6 is 0 Å². The molecule has 3 rings (SSSR count). The van der Waals surface area contributed by atoms with E-state index in [1.54, 1.807) is 31.2 Å². The van der Waals surface area contributed by atoms with Gasteiger partial charge in [-0.2, -0.15) is 13.2 Å². The van der Waals surface area contributed by atoms with Crippen molar-refractivity contribution in [3.05, 3.63) is 83.2 Å². The zero-order valence-electron chi connectivity index (χ0n) is 25.1. The van der Waals surface area contributed by atoms with Gasteiger partial charge in [0.2, 0.25) is 21.8 Å². The number of amides is 2. The van der Waals surface area contributed by atoms with Crippen LogP contribution in [0.15, 0.2) is 70.6 Å². The molecule has 18 heteroatoms. The summed E-state index contributed by atoms with van der Waals surface area (Å²) in [5.41, 5.74) is 7.47. The molecule has 1 atom stereocenters. The molecule has 0 aliphatic carbocycles. The van der Waals surface area contributed by atoms with Gasteiger partial charge in [-0.15, -0.1) is 0 Å². The molecule has 7 N–H and O–H groups in total. The highest BCUT2D eigenvalue weighted by Gasteiger charge is 2.38. The van der Waals surface area contributed by atoms with E-state index in [1.165, 1.54) is 50.6 Å². The summed E-state index contributed by atoms with van der Waals surface area (Å²) in [7, 11) is -1.06. The predicted molar refractivity (Wildman–Crippen MR) is 162 cm³/mol. The fraction of sp³-hybridized carbons (Fsp3) is 0.241. The number of carboxylic acid groups (broad SMARTS) is 1. The number of anilines is 1. The second-order valence-electron chi connectivity index (χ2n) is 9.55. The van der Waals surface area contributed by atoms with Gasteiger partial charge >= 0.3 is 12.1 Å². The number of guanidine groups is 1. The van der Waals surface area contributed by atoms with E-state index in [0.29, 0.717) is 22.6 Å². The van der Waals surface area contributed by atoms with E-state index in [4.69, 9.17) is 30.2 Å². The number of hydrogen-bond donors (Lipinski definition) is 5. The number of halogens is 4. The molecule has 0 aliphatic rings. The van der Waals surface area contributed by atoms with E-state index in [0.717, 1.165) is 0 Å². The molecular weight excluding hydrogens is 654 g/mol. The van der Waals surface area contributed by atoms with Crippen LogP contribution in [0, 0.1) is 12.7 Å². The van der Waals surface area contributed by atoms with E-state index in [9.17, 15) is 35.6 Å². The molecule has 2 amide bonds. The lowest BCUT2D eigenvalue weighted by Gasteiger charge is -2.17. The number of ether oxygens (including phenoxy) is 2. The number of primary sulfonamides is 1. The highest BCUT2D eigenvalue weighted by Crippen LogP contribution is 2.27. The molecule has 0 aromatic heterocycles. The molecule has 0 radical (unpaired) electrons. The van der Waals surface area contributed by atoms with Crippen LogP contribution in [-0.4, -0.2) is 63.7 Å². The number of nitrogens with one attached hydrogen (secondary N) is 2. The molecule has 0 fully saturated rings. The molecule has 254 valence electrons. The third-order valence-electron chi connectivity index (χ3n) is 6.09. The summed E-state index contributed by atoms with van der Waals surface area (Å²) < 4.78 is 80.1. The number of aliphatic carboxylic acids is 1. The average Bonchev–Trinajstić information content (AvgIpc) is 2.98. The number of carboxylic acids is 1. The summed E-state index contributed by atoms with van der Waals surface area (Å²) in [5, 5.41) is 17.4. The molecule has 3 aromatic rings. The van der Waals surface area contributed by atoms with Crippen LogP contribution in [0.2, 0.25) is 0 Å². The minimum Gasteiger partial charge on any atom is -0.493 e. The molecule has 0 heterocycles. The molecular formula is C29H31F4N5O8S. The van der Waals surface area contributed by atoms with Gasteiger partial charge in [0.05, 0.1) is 25.5 Å². The van der Waals surface area contributed by atoms with E-state index >= 15 is 0 Å². The first-order valence-corrected chi connectivity index (χ1v) is 14.7. The third kappa shape index (κ3) is 11.9. The summed E-state index contributed by atoms with van der Waals surface area (Å²) in [4.78, 5) is 38.7. The van der Waals surface area contributed by atoms with Crippen molar-refractivity contribution in [2.45, 2.75) is 36.9 Å². The SMILES string of the molecule is COc1ccc(CC(=O)NC(N)=N[C@H](Cc2ccccc2F)C(=O)Nc2cc(S(N)(=O)=O)ccc2C)cc1OC.O=C(O)C(F)(F)F. The Labute approximate surface area is 266 Å². The Balaban J connectivity index is 0.000000984. The van der Waals surface area contributed by atoms with Crippen molar-refractivity contribution in [2.24, 2.45) is 15.9 Å². The van der Waals surface area contributed by atoms with Crippen molar-refractivity contribution in [1.29, 1.82) is 0 Å². The lowest BCUT2D eigenvalue weighted by molar-refractivity contribution is -0.192. The highest BCUT2D eigenvalue weighted by molar-refractivity contribution is 7.89. The summed E-state index contributed by atoms with van der Waals surface area (Å²) >= 11 is 0. The second kappa shape index (κ2) is 16.4. The molecule has 13 nitrogen and oxygen atoms in total. The third-order valence-corrected chi connectivity index (χ3v) is 7.00. The Morgan fingerprint density at radius 1 is 1.00 bits per heavy atom. The maximum Gasteiger partial charge on any atom is 0.490 e. The second-order valence-corrected chi connectivity index (χ2v) is 11.1. The lowest BCUT2D eigenvalue weighted by Crippen LogP contribution is -2.40. The van der Waals surface area contributed by atoms with Gasteiger partial charge in [-0.25, -0.2) is 27.7 Å². The maximum absolute atomic E-state index is 14.4. The van der Waals surface area contributed by atoms with Crippen molar-refractivity contribution in [3.8, 4) is 11.5 Å². The van der Waals surface area contributed by atoms with Crippen molar-refractivity contribution < 1.29 is 54.9 Å². The number of carbonyl (C=O) groups excluding carboxylic acids is 2. The van der Waals surface area contributed by atoms with Gasteiger partial charge in [0.25, 0.3) is 0 Å². The topological polar surface area (TPSA) is 212 Å². The van der Waals surface area contributed by atoms with Gasteiger partial charge in [-0.05, 0) is 53.9 Å². The van der Waals surface area contributed by atoms with Gasteiger partial charge in [0.1, 0.15) is 11.9 Å². The number of benzene rings is 3. The number of hydrogen-bond acceptors (Lipinski definition) is 8. The van der Waals surface area contributed by atoms with Crippen LogP contribution in [-0.2, 0) is 37.2 Å². The largest absolute Gasteiger partial charge is 0.493 e. The van der Waals surface area contributed by atoms with Gasteiger partial charge in [0, 0.05) is 12.1 Å². The van der Waals surface area contributed by atoms with Crippen LogP contribution in [0.25, 0.3) is 0 Å². The fourth-order valence-electron chi connectivity index (χ4n) is 3.76. The lowest BCUT2D eigenvalue weighted by atomic mass is 10.0. The fourth-order valence-corrected chi connectivity index (χ4v) is 4.30. The van der Waals surface area contributed by atoms with Crippen LogP contribution < -0.4 is 31.0 Å². The maximum atomic E-state index is 14.4. The van der Waals surface area contributed by atoms with Gasteiger partial charge in [-0.3, -0.25) is 14.9 Å². The molecule has 3 aromatic carbocycles. The molecule has 0 saturated heterocycles. The normalized spacial score (nSPS) is 12.2. The number of nitrogens with two attached hydrogens (primary N) is 2. The molecule has 0 unspecified atom stereocenters. The summed E-state index contributed by atoms with van der Waals surface area (Å²) in [6.07, 6.45) is -5.36. The van der Waals surface area contributed by atoms with Crippen molar-refractivity contribution in [1.82, 2.24) is 5.32 Å². The minimum atomic E-state index is -5.08. The Morgan fingerprint density at radius 2 is 1.62 bits per heavy atom. The van der Waals surface area contributed by atoms with Crippen LogP contribution in [0.3, 0.4) is 0 Å². The Bertz CT molecular complexity index is 1750. The Hall–Kier alpha value is -5.23.